The van der Waals surface area contributed by atoms with Gasteiger partial charge in [0.2, 0.25) is 0 Å². The third-order valence-electron chi connectivity index (χ3n) is 2.80. The van der Waals surface area contributed by atoms with Crippen molar-refractivity contribution < 1.29 is 9.84 Å². The molecule has 20 heavy (non-hydrogen) atoms. The maximum atomic E-state index is 9.41. The van der Waals surface area contributed by atoms with Crippen LogP contribution in [0, 0.1) is 0 Å². The topological polar surface area (TPSA) is 41.5 Å². The van der Waals surface area contributed by atoms with Crippen molar-refractivity contribution in [2.45, 2.75) is 12.7 Å². The first-order chi connectivity index (χ1) is 9.78. The molecule has 0 radical (unpaired) electrons. The molecule has 0 aromatic heterocycles. The zero-order chi connectivity index (χ0) is 14.2. The number of benzene rings is 2. The molecule has 0 aliphatic rings. The summed E-state index contributed by atoms with van der Waals surface area (Å²) in [6.45, 7) is 0.959. The second-order valence-electron chi connectivity index (χ2n) is 4.49. The number of ether oxygens (including phenoxy) is 1. The van der Waals surface area contributed by atoms with Crippen LogP contribution in [0.2, 0.25) is 0 Å². The first kappa shape index (κ1) is 14.7. The number of aliphatic hydroxyl groups is 1. The van der Waals surface area contributed by atoms with Crippen molar-refractivity contribution >= 4 is 17.3 Å². The summed E-state index contributed by atoms with van der Waals surface area (Å²) < 4.78 is 5.74. The number of hydrogen-bond acceptors (Lipinski definition) is 3. The highest BCUT2D eigenvalue weighted by molar-refractivity contribution is 6.18. The highest BCUT2D eigenvalue weighted by atomic mass is 35.5. The molecule has 2 rings (SSSR count). The standard InChI is InChI=1S/C16H18ClNO2/c17-10-15(19)11-18-14-7-4-8-16(9-14)20-12-13-5-2-1-3-6-13/h1-9,15,18-19H,10-12H2. The van der Waals surface area contributed by atoms with Gasteiger partial charge in [0.15, 0.2) is 0 Å². The third-order valence-corrected chi connectivity index (χ3v) is 3.16. The van der Waals surface area contributed by atoms with Crippen LogP contribution in [0.5, 0.6) is 5.75 Å². The predicted octanol–water partition coefficient (Wildman–Crippen LogP) is 3.28. The molecule has 0 heterocycles. The van der Waals surface area contributed by atoms with Crippen LogP contribution in [-0.4, -0.2) is 23.6 Å². The zero-order valence-electron chi connectivity index (χ0n) is 11.1. The second-order valence-corrected chi connectivity index (χ2v) is 4.80. The monoisotopic (exact) mass is 291 g/mol. The molecule has 106 valence electrons. The van der Waals surface area contributed by atoms with Gasteiger partial charge in [-0.1, -0.05) is 36.4 Å². The molecule has 4 heteroatoms. The van der Waals surface area contributed by atoms with E-state index >= 15 is 0 Å². The Bertz CT molecular complexity index is 519. The van der Waals surface area contributed by atoms with Crippen LogP contribution < -0.4 is 10.1 Å². The van der Waals surface area contributed by atoms with Gasteiger partial charge in [0, 0.05) is 18.3 Å². The number of aliphatic hydroxyl groups excluding tert-OH is 1. The molecule has 2 aromatic carbocycles. The Kier molecular flexibility index (Phi) is 5.71. The molecule has 3 nitrogen and oxygen atoms in total. The van der Waals surface area contributed by atoms with E-state index in [2.05, 4.69) is 5.32 Å². The van der Waals surface area contributed by atoms with Crippen molar-refractivity contribution in [3.05, 3.63) is 60.2 Å². The molecule has 0 fully saturated rings. The molecule has 0 aliphatic carbocycles. The summed E-state index contributed by atoms with van der Waals surface area (Å²) in [6, 6.07) is 17.7. The highest BCUT2D eigenvalue weighted by Gasteiger charge is 2.02. The lowest BCUT2D eigenvalue weighted by Crippen LogP contribution is -2.20. The van der Waals surface area contributed by atoms with Gasteiger partial charge in [0.1, 0.15) is 12.4 Å². The van der Waals surface area contributed by atoms with Crippen molar-refractivity contribution in [3.63, 3.8) is 0 Å². The second kappa shape index (κ2) is 7.78. The number of rotatable bonds is 7. The van der Waals surface area contributed by atoms with Gasteiger partial charge in [0.05, 0.1) is 12.0 Å². The Morgan fingerprint density at radius 3 is 2.65 bits per heavy atom. The number of halogens is 1. The minimum atomic E-state index is -0.550. The molecule has 0 bridgehead atoms. The van der Waals surface area contributed by atoms with Crippen LogP contribution >= 0.6 is 11.6 Å². The quantitative estimate of drug-likeness (QED) is 0.769. The number of anilines is 1. The van der Waals surface area contributed by atoms with E-state index < -0.39 is 6.10 Å². The Morgan fingerprint density at radius 1 is 1.10 bits per heavy atom. The summed E-state index contributed by atoms with van der Waals surface area (Å²) in [6.07, 6.45) is -0.550. The van der Waals surface area contributed by atoms with Gasteiger partial charge >= 0.3 is 0 Å². The molecule has 2 N–H and O–H groups in total. The SMILES string of the molecule is OC(CCl)CNc1cccc(OCc2ccccc2)c1. The lowest BCUT2D eigenvalue weighted by molar-refractivity contribution is 0.211. The fourth-order valence-corrected chi connectivity index (χ4v) is 1.84. The summed E-state index contributed by atoms with van der Waals surface area (Å²) in [5.41, 5.74) is 2.03. The van der Waals surface area contributed by atoms with Gasteiger partial charge in [-0.25, -0.2) is 0 Å². The first-order valence-corrected chi connectivity index (χ1v) is 7.06. The lowest BCUT2D eigenvalue weighted by Gasteiger charge is -2.12. The van der Waals surface area contributed by atoms with Crippen molar-refractivity contribution in [2.75, 3.05) is 17.7 Å². The van der Waals surface area contributed by atoms with E-state index in [1.807, 2.05) is 54.6 Å². The van der Waals surface area contributed by atoms with E-state index in [9.17, 15) is 5.11 Å². The van der Waals surface area contributed by atoms with Crippen molar-refractivity contribution in [1.29, 1.82) is 0 Å². The van der Waals surface area contributed by atoms with E-state index in [0.717, 1.165) is 17.0 Å². The maximum Gasteiger partial charge on any atom is 0.121 e. The zero-order valence-corrected chi connectivity index (χ0v) is 11.9. The van der Waals surface area contributed by atoms with E-state index in [0.29, 0.717) is 13.2 Å². The van der Waals surface area contributed by atoms with E-state index in [1.165, 1.54) is 0 Å². The summed E-state index contributed by atoms with van der Waals surface area (Å²) in [7, 11) is 0. The smallest absolute Gasteiger partial charge is 0.121 e. The molecular weight excluding hydrogens is 274 g/mol. The fourth-order valence-electron chi connectivity index (χ4n) is 1.73. The van der Waals surface area contributed by atoms with E-state index in [4.69, 9.17) is 16.3 Å². The summed E-state index contributed by atoms with van der Waals surface area (Å²) in [5, 5.41) is 12.5. The minimum absolute atomic E-state index is 0.219. The minimum Gasteiger partial charge on any atom is -0.489 e. The molecule has 2 aromatic rings. The molecule has 0 spiro atoms. The molecule has 0 amide bonds. The van der Waals surface area contributed by atoms with Crippen molar-refractivity contribution in [1.82, 2.24) is 0 Å². The Morgan fingerprint density at radius 2 is 1.90 bits per heavy atom. The van der Waals surface area contributed by atoms with Crippen molar-refractivity contribution in [2.24, 2.45) is 0 Å². The van der Waals surface area contributed by atoms with E-state index in [-0.39, 0.29) is 5.88 Å². The largest absolute Gasteiger partial charge is 0.489 e. The van der Waals surface area contributed by atoms with Crippen LogP contribution in [0.15, 0.2) is 54.6 Å². The van der Waals surface area contributed by atoms with Crippen molar-refractivity contribution in [3.8, 4) is 5.75 Å². The Hall–Kier alpha value is -1.71. The molecule has 0 aliphatic heterocycles. The highest BCUT2D eigenvalue weighted by Crippen LogP contribution is 2.18. The van der Waals surface area contributed by atoms with Crippen LogP contribution in [0.25, 0.3) is 0 Å². The van der Waals surface area contributed by atoms with Gasteiger partial charge in [0.25, 0.3) is 0 Å². The summed E-state index contributed by atoms with van der Waals surface area (Å²) in [4.78, 5) is 0. The summed E-state index contributed by atoms with van der Waals surface area (Å²) in [5.74, 6) is 1.01. The molecule has 0 saturated heterocycles. The first-order valence-electron chi connectivity index (χ1n) is 6.52. The number of nitrogens with one attached hydrogen (secondary N) is 1. The average Bonchev–Trinajstić information content (AvgIpc) is 2.52. The Labute approximate surface area is 124 Å². The lowest BCUT2D eigenvalue weighted by atomic mass is 10.2. The molecule has 1 unspecified atom stereocenters. The van der Waals surface area contributed by atoms with Gasteiger partial charge in [-0.15, -0.1) is 11.6 Å². The van der Waals surface area contributed by atoms with E-state index in [1.54, 1.807) is 0 Å². The molecule has 0 saturated carbocycles. The van der Waals surface area contributed by atoms with Gasteiger partial charge in [-0.05, 0) is 17.7 Å². The molecule has 1 atom stereocenters. The van der Waals surface area contributed by atoms with Crippen LogP contribution in [0.1, 0.15) is 5.56 Å². The number of alkyl halides is 1. The van der Waals surface area contributed by atoms with Gasteiger partial charge < -0.3 is 15.2 Å². The average molecular weight is 292 g/mol. The normalized spacial score (nSPS) is 11.9. The number of hydrogen-bond donors (Lipinski definition) is 2. The summed E-state index contributed by atoms with van der Waals surface area (Å²) >= 11 is 5.55. The van der Waals surface area contributed by atoms with Gasteiger partial charge in [-0.2, -0.15) is 0 Å². The van der Waals surface area contributed by atoms with Gasteiger partial charge in [-0.3, -0.25) is 0 Å². The van der Waals surface area contributed by atoms with Crippen LogP contribution in [0.3, 0.4) is 0 Å². The van der Waals surface area contributed by atoms with Crippen LogP contribution in [-0.2, 0) is 6.61 Å². The maximum absolute atomic E-state index is 9.41. The Balaban J connectivity index is 1.89. The third kappa shape index (κ3) is 4.76. The predicted molar refractivity (Wildman–Crippen MR) is 82.4 cm³/mol. The molecular formula is C16H18ClNO2. The fraction of sp³-hybridized carbons (Fsp3) is 0.250. The van der Waals surface area contributed by atoms with Crippen LogP contribution in [0.4, 0.5) is 5.69 Å².